The van der Waals surface area contributed by atoms with Crippen molar-refractivity contribution in [3.05, 3.63) is 96.6 Å². The molecule has 0 aromatic heterocycles. The molecular weight excluding hydrogens is 556 g/mol. The highest BCUT2D eigenvalue weighted by atomic mass is 16.5. The quantitative estimate of drug-likeness (QED) is 0.248. The fourth-order valence-corrected chi connectivity index (χ4v) is 7.91. The van der Waals surface area contributed by atoms with Crippen molar-refractivity contribution in [2.45, 2.75) is 32.1 Å². The summed E-state index contributed by atoms with van der Waals surface area (Å²) in [6.07, 6.45) is 5.36. The van der Waals surface area contributed by atoms with Gasteiger partial charge in [-0.3, -0.25) is 19.2 Å². The predicted octanol–water partition coefficient (Wildman–Crippen LogP) is 5.31. The summed E-state index contributed by atoms with van der Waals surface area (Å²) in [5.74, 6) is -4.57. The smallest absolute Gasteiger partial charge is 0.239 e. The van der Waals surface area contributed by atoms with Crippen LogP contribution in [0.15, 0.2) is 91.0 Å². The minimum absolute atomic E-state index is 0.369. The van der Waals surface area contributed by atoms with Crippen LogP contribution in [-0.4, -0.2) is 36.8 Å². The predicted molar refractivity (Wildman–Crippen MR) is 164 cm³/mol. The molecule has 4 atom stereocenters. The Hall–Kier alpha value is -4.72. The van der Waals surface area contributed by atoms with Crippen molar-refractivity contribution in [1.82, 2.24) is 0 Å². The number of anilines is 2. The third kappa shape index (κ3) is 3.82. The first kappa shape index (κ1) is 28.1. The van der Waals surface area contributed by atoms with E-state index in [4.69, 9.17) is 9.47 Å². The number of benzene rings is 3. The molecule has 4 unspecified atom stereocenters. The molecule has 8 rings (SSSR count). The summed E-state index contributed by atoms with van der Waals surface area (Å²) in [5, 5.41) is 0. The van der Waals surface area contributed by atoms with E-state index in [1.165, 1.54) is 9.80 Å². The maximum absolute atomic E-state index is 14.6. The number of allylic oxidation sites excluding steroid dienone is 2. The first-order valence-corrected chi connectivity index (χ1v) is 15.4. The van der Waals surface area contributed by atoms with Crippen LogP contribution in [0.3, 0.4) is 0 Å². The molecule has 3 fully saturated rings. The van der Waals surface area contributed by atoms with Crippen molar-refractivity contribution in [3.8, 4) is 11.5 Å². The van der Waals surface area contributed by atoms with E-state index in [0.29, 0.717) is 36.1 Å². The SMILES string of the molecule is CCCOc1ccccc1N1C(=O)C2C3C=CC(c4ccccc4)(C2C1=O)C1C(=O)N(c2ccccc2OCCC)C(=O)C31. The summed E-state index contributed by atoms with van der Waals surface area (Å²) in [6, 6.07) is 23.5. The minimum atomic E-state index is -1.20. The highest BCUT2D eigenvalue weighted by Crippen LogP contribution is 2.65. The molecule has 2 heterocycles. The van der Waals surface area contributed by atoms with E-state index in [-0.39, 0.29) is 23.6 Å². The summed E-state index contributed by atoms with van der Waals surface area (Å²) < 4.78 is 11.9. The molecule has 2 aliphatic heterocycles. The molecule has 3 aromatic carbocycles. The third-order valence-electron chi connectivity index (χ3n) is 9.56. The second kappa shape index (κ2) is 10.8. The summed E-state index contributed by atoms with van der Waals surface area (Å²) in [6.45, 7) is 4.84. The van der Waals surface area contributed by atoms with Gasteiger partial charge < -0.3 is 9.47 Å². The van der Waals surface area contributed by atoms with Crippen molar-refractivity contribution < 1.29 is 28.7 Å². The molecule has 44 heavy (non-hydrogen) atoms. The molecular formula is C36H34N2O6. The molecule has 3 aliphatic carbocycles. The summed E-state index contributed by atoms with van der Waals surface area (Å²) in [7, 11) is 0. The molecule has 1 saturated carbocycles. The average Bonchev–Trinajstić information content (AvgIpc) is 3.50. The average molecular weight is 591 g/mol. The Labute approximate surface area is 256 Å². The van der Waals surface area contributed by atoms with E-state index in [2.05, 4.69) is 0 Å². The molecule has 2 bridgehead atoms. The lowest BCUT2D eigenvalue weighted by molar-refractivity contribution is -0.140. The normalized spacial score (nSPS) is 28.5. The van der Waals surface area contributed by atoms with E-state index in [1.54, 1.807) is 36.4 Å². The van der Waals surface area contributed by atoms with Gasteiger partial charge in [0.1, 0.15) is 11.5 Å². The Bertz CT molecular complexity index is 1590. The Balaban J connectivity index is 1.38. The van der Waals surface area contributed by atoms with Crippen LogP contribution < -0.4 is 19.3 Å². The van der Waals surface area contributed by atoms with Gasteiger partial charge in [-0.05, 0) is 42.7 Å². The van der Waals surface area contributed by atoms with E-state index in [0.717, 1.165) is 18.4 Å². The van der Waals surface area contributed by atoms with Crippen LogP contribution in [-0.2, 0) is 24.6 Å². The molecule has 224 valence electrons. The number of rotatable bonds is 9. The van der Waals surface area contributed by atoms with Crippen molar-refractivity contribution in [2.24, 2.45) is 29.6 Å². The van der Waals surface area contributed by atoms with Gasteiger partial charge in [-0.2, -0.15) is 0 Å². The number of carbonyl (C=O) groups excluding carboxylic acids is 4. The second-order valence-corrected chi connectivity index (χ2v) is 11.9. The maximum atomic E-state index is 14.6. The third-order valence-corrected chi connectivity index (χ3v) is 9.56. The van der Waals surface area contributed by atoms with Gasteiger partial charge in [0.25, 0.3) is 0 Å². The van der Waals surface area contributed by atoms with Crippen LogP contribution in [0, 0.1) is 29.6 Å². The summed E-state index contributed by atoms with van der Waals surface area (Å²) in [5.41, 5.74) is 0.308. The van der Waals surface area contributed by atoms with Crippen LogP contribution >= 0.6 is 0 Å². The van der Waals surface area contributed by atoms with Crippen LogP contribution in [0.25, 0.3) is 0 Å². The molecule has 0 spiro atoms. The molecule has 0 N–H and O–H groups in total. The van der Waals surface area contributed by atoms with Crippen LogP contribution in [0.2, 0.25) is 0 Å². The van der Waals surface area contributed by atoms with Crippen LogP contribution in [0.1, 0.15) is 32.3 Å². The lowest BCUT2D eigenvalue weighted by Crippen LogP contribution is -2.60. The molecule has 0 radical (unpaired) electrons. The number of para-hydroxylation sites is 4. The lowest BCUT2D eigenvalue weighted by atomic mass is 9.45. The van der Waals surface area contributed by atoms with Gasteiger partial charge in [-0.25, -0.2) is 9.80 Å². The van der Waals surface area contributed by atoms with Crippen molar-refractivity contribution >= 4 is 35.0 Å². The summed E-state index contributed by atoms with van der Waals surface area (Å²) in [4.78, 5) is 60.6. The van der Waals surface area contributed by atoms with Gasteiger partial charge >= 0.3 is 0 Å². The van der Waals surface area contributed by atoms with E-state index < -0.39 is 35.0 Å². The first-order chi connectivity index (χ1) is 21.5. The molecule has 5 aliphatic rings. The zero-order chi connectivity index (χ0) is 30.6. The van der Waals surface area contributed by atoms with Crippen LogP contribution in [0.4, 0.5) is 11.4 Å². The highest BCUT2D eigenvalue weighted by molar-refractivity contribution is 6.27. The van der Waals surface area contributed by atoms with Gasteiger partial charge in [0.2, 0.25) is 23.6 Å². The van der Waals surface area contributed by atoms with Crippen LogP contribution in [0.5, 0.6) is 11.5 Å². The first-order valence-electron chi connectivity index (χ1n) is 15.4. The topological polar surface area (TPSA) is 93.2 Å². The number of hydrogen-bond donors (Lipinski definition) is 0. The van der Waals surface area contributed by atoms with Gasteiger partial charge in [-0.15, -0.1) is 0 Å². The Morgan fingerprint density at radius 3 is 1.55 bits per heavy atom. The Morgan fingerprint density at radius 1 is 0.614 bits per heavy atom. The molecule has 2 saturated heterocycles. The molecule has 8 nitrogen and oxygen atoms in total. The maximum Gasteiger partial charge on any atom is 0.239 e. The molecule has 3 aromatic rings. The van der Waals surface area contributed by atoms with Gasteiger partial charge in [0.05, 0.1) is 48.3 Å². The summed E-state index contributed by atoms with van der Waals surface area (Å²) >= 11 is 0. The molecule has 8 heteroatoms. The van der Waals surface area contributed by atoms with Crippen molar-refractivity contribution in [3.63, 3.8) is 0 Å². The number of imide groups is 2. The number of carbonyl (C=O) groups is 4. The van der Waals surface area contributed by atoms with E-state index in [9.17, 15) is 19.2 Å². The van der Waals surface area contributed by atoms with Crippen molar-refractivity contribution in [2.75, 3.05) is 23.0 Å². The van der Waals surface area contributed by atoms with E-state index >= 15 is 0 Å². The van der Waals surface area contributed by atoms with Gasteiger partial charge in [0, 0.05) is 11.3 Å². The molecule has 4 amide bonds. The van der Waals surface area contributed by atoms with Crippen molar-refractivity contribution in [1.29, 1.82) is 0 Å². The zero-order valence-electron chi connectivity index (χ0n) is 24.7. The lowest BCUT2D eigenvalue weighted by Gasteiger charge is -2.53. The fraction of sp³-hybridized carbons (Fsp3) is 0.333. The standard InChI is InChI=1S/C36H34N2O6/c1-3-20-43-26-16-10-8-14-24(26)37-32(39)28-23-18-19-36(30(28)34(37)41,22-12-6-5-7-13-22)31-29(23)33(40)38(35(31)42)25-15-9-11-17-27(25)44-21-4-2/h5-19,23,28-31H,3-4,20-21H2,1-2H3. The number of amides is 4. The fourth-order valence-electron chi connectivity index (χ4n) is 7.91. The Kier molecular flexibility index (Phi) is 6.87. The van der Waals surface area contributed by atoms with Gasteiger partial charge in [0.15, 0.2) is 0 Å². The van der Waals surface area contributed by atoms with Gasteiger partial charge in [-0.1, -0.05) is 80.6 Å². The highest BCUT2D eigenvalue weighted by Gasteiger charge is 2.75. The number of ether oxygens (including phenoxy) is 2. The Morgan fingerprint density at radius 2 is 1.07 bits per heavy atom. The number of nitrogens with zero attached hydrogens (tertiary/aromatic N) is 2. The zero-order valence-corrected chi connectivity index (χ0v) is 24.7. The largest absolute Gasteiger partial charge is 0.491 e. The monoisotopic (exact) mass is 590 g/mol. The second-order valence-electron chi connectivity index (χ2n) is 11.9. The van der Waals surface area contributed by atoms with E-state index in [1.807, 2.05) is 68.5 Å². The minimum Gasteiger partial charge on any atom is -0.491 e. The number of hydrogen-bond acceptors (Lipinski definition) is 6.